The number of aliphatic carboxylic acids is 1. The first-order chi connectivity index (χ1) is 11.4. The van der Waals surface area contributed by atoms with Crippen molar-refractivity contribution in [1.82, 2.24) is 5.32 Å². The minimum atomic E-state index is -3.91. The number of hydrogen-bond donors (Lipinski definition) is 3. The Kier molecular flexibility index (Phi) is 7.59. The highest BCUT2D eigenvalue weighted by Gasteiger charge is 2.37. The Morgan fingerprint density at radius 2 is 1.84 bits per heavy atom. The van der Waals surface area contributed by atoms with E-state index < -0.39 is 35.1 Å². The van der Waals surface area contributed by atoms with Gasteiger partial charge in [-0.2, -0.15) is 0 Å². The van der Waals surface area contributed by atoms with Gasteiger partial charge in [0, 0.05) is 12.0 Å². The molecule has 2 amide bonds. The lowest BCUT2D eigenvalue weighted by atomic mass is 10.1. The molecule has 0 radical (unpaired) electrons. The summed E-state index contributed by atoms with van der Waals surface area (Å²) in [6.45, 7) is 0. The second-order valence-corrected chi connectivity index (χ2v) is 15.3. The summed E-state index contributed by atoms with van der Waals surface area (Å²) in [5.74, 6) is -2.83. The zero-order valence-corrected chi connectivity index (χ0v) is 18.0. The first kappa shape index (κ1) is 22.1. The monoisotopic (exact) mass is 562 g/mol. The molecule has 0 aromatic heterocycles. The lowest BCUT2D eigenvalue weighted by Gasteiger charge is -2.16. The molecule has 1 rings (SSSR count). The van der Waals surface area contributed by atoms with Crippen LogP contribution in [0.3, 0.4) is 0 Å². The van der Waals surface area contributed by atoms with Crippen molar-refractivity contribution in [2.75, 3.05) is 0 Å². The number of halogens is 3. The van der Waals surface area contributed by atoms with E-state index in [1.807, 2.05) is 0 Å². The third kappa shape index (κ3) is 6.04. The molecule has 25 heavy (non-hydrogen) atoms. The molecule has 12 heteroatoms. The highest BCUT2D eigenvalue weighted by molar-refractivity contribution is 9.42. The molecule has 1 aromatic rings. The van der Waals surface area contributed by atoms with Crippen LogP contribution >= 0.6 is 47.8 Å². The van der Waals surface area contributed by atoms with Crippen molar-refractivity contribution in [2.45, 2.75) is 25.3 Å². The Balaban J connectivity index is 3.05. The summed E-state index contributed by atoms with van der Waals surface area (Å²) in [6.07, 6.45) is -0.396. The van der Waals surface area contributed by atoms with Gasteiger partial charge in [0.1, 0.15) is 6.04 Å². The van der Waals surface area contributed by atoms with Crippen molar-refractivity contribution in [1.29, 1.82) is 0 Å². The van der Waals surface area contributed by atoms with Crippen LogP contribution in [0.4, 0.5) is 0 Å². The van der Waals surface area contributed by atoms with E-state index >= 15 is 0 Å². The predicted molar refractivity (Wildman–Crippen MR) is 100 cm³/mol. The largest absolute Gasteiger partial charge is 0.480 e. The van der Waals surface area contributed by atoms with Crippen LogP contribution in [0.2, 0.25) is 0 Å². The molecule has 0 aliphatic carbocycles. The minimum Gasteiger partial charge on any atom is -0.480 e. The fourth-order valence-corrected chi connectivity index (χ4v) is 4.21. The van der Waals surface area contributed by atoms with E-state index in [0.29, 0.717) is 0 Å². The fraction of sp³-hybridized carbons (Fsp3) is 0.308. The quantitative estimate of drug-likeness (QED) is 0.430. The SMILES string of the molecule is NC(=O)CCC(NC(=O)c1cccc(S(=O)(=O)C(Br)(Br)Br)c1)C(=O)O. The number of amides is 2. The highest BCUT2D eigenvalue weighted by atomic mass is 80.0. The molecule has 1 atom stereocenters. The fourth-order valence-electron chi connectivity index (χ4n) is 1.72. The Bertz CT molecular complexity index is 791. The number of benzene rings is 1. The molecule has 0 saturated carbocycles. The van der Waals surface area contributed by atoms with Gasteiger partial charge in [0.2, 0.25) is 17.2 Å². The van der Waals surface area contributed by atoms with Crippen molar-refractivity contribution in [3.8, 4) is 0 Å². The Labute approximate surface area is 168 Å². The molecule has 0 heterocycles. The van der Waals surface area contributed by atoms with E-state index in [0.717, 1.165) is 6.07 Å². The van der Waals surface area contributed by atoms with Crippen LogP contribution in [-0.2, 0) is 19.4 Å². The van der Waals surface area contributed by atoms with Crippen LogP contribution in [-0.4, -0.2) is 38.8 Å². The Morgan fingerprint density at radius 3 is 2.32 bits per heavy atom. The number of carboxylic acid groups (broad SMARTS) is 1. The van der Waals surface area contributed by atoms with Gasteiger partial charge in [-0.05, 0) is 72.4 Å². The van der Waals surface area contributed by atoms with Gasteiger partial charge < -0.3 is 16.2 Å². The van der Waals surface area contributed by atoms with Crippen LogP contribution in [0.5, 0.6) is 0 Å². The second-order valence-electron chi connectivity index (χ2n) is 4.85. The third-order valence-corrected chi connectivity index (χ3v) is 8.31. The number of carbonyl (C=O) groups is 3. The molecule has 0 aliphatic rings. The summed E-state index contributed by atoms with van der Waals surface area (Å²) in [7, 11) is -3.91. The highest BCUT2D eigenvalue weighted by Crippen LogP contribution is 2.43. The molecule has 0 spiro atoms. The normalized spacial score (nSPS) is 13.1. The van der Waals surface area contributed by atoms with Crippen molar-refractivity contribution >= 4 is 75.4 Å². The Hall–Kier alpha value is -0.980. The second kappa shape index (κ2) is 8.60. The van der Waals surface area contributed by atoms with Crippen LogP contribution in [0.15, 0.2) is 29.2 Å². The third-order valence-electron chi connectivity index (χ3n) is 2.99. The average molecular weight is 565 g/mol. The van der Waals surface area contributed by atoms with Gasteiger partial charge in [0.05, 0.1) is 4.90 Å². The summed E-state index contributed by atoms with van der Waals surface area (Å²) in [4.78, 5) is 34.0. The van der Waals surface area contributed by atoms with Crippen LogP contribution < -0.4 is 11.1 Å². The van der Waals surface area contributed by atoms with Gasteiger partial charge in [0.25, 0.3) is 5.91 Å². The van der Waals surface area contributed by atoms with E-state index in [2.05, 4.69) is 53.1 Å². The van der Waals surface area contributed by atoms with Gasteiger partial charge >= 0.3 is 5.97 Å². The number of nitrogens with one attached hydrogen (secondary N) is 1. The van der Waals surface area contributed by atoms with E-state index in [4.69, 9.17) is 10.8 Å². The molecule has 0 fully saturated rings. The van der Waals surface area contributed by atoms with Crippen molar-refractivity contribution < 1.29 is 27.9 Å². The van der Waals surface area contributed by atoms with Crippen molar-refractivity contribution in [3.63, 3.8) is 0 Å². The summed E-state index contributed by atoms with van der Waals surface area (Å²) < 4.78 is 23.0. The van der Waals surface area contributed by atoms with Crippen molar-refractivity contribution in [3.05, 3.63) is 29.8 Å². The van der Waals surface area contributed by atoms with Crippen LogP contribution in [0, 0.1) is 0 Å². The molecule has 0 aliphatic heterocycles. The Morgan fingerprint density at radius 1 is 1.24 bits per heavy atom. The van der Waals surface area contributed by atoms with E-state index in [1.165, 1.54) is 18.2 Å². The minimum absolute atomic E-state index is 0.0526. The first-order valence-electron chi connectivity index (χ1n) is 6.59. The molecule has 1 unspecified atom stereocenters. The number of alkyl halides is 3. The van der Waals surface area contributed by atoms with E-state index in [-0.39, 0.29) is 23.3 Å². The number of primary amides is 1. The van der Waals surface area contributed by atoms with Gasteiger partial charge in [-0.15, -0.1) is 0 Å². The predicted octanol–water partition coefficient (Wildman–Crippen LogP) is 1.70. The van der Waals surface area contributed by atoms with Crippen molar-refractivity contribution in [2.24, 2.45) is 5.73 Å². The molecule has 8 nitrogen and oxygen atoms in total. The zero-order valence-electron chi connectivity index (χ0n) is 12.4. The number of nitrogens with two attached hydrogens (primary N) is 1. The van der Waals surface area contributed by atoms with Gasteiger partial charge in [-0.3, -0.25) is 9.59 Å². The van der Waals surface area contributed by atoms with Crippen LogP contribution in [0.25, 0.3) is 0 Å². The molecular formula is C13H13Br3N2O6S. The van der Waals surface area contributed by atoms with Gasteiger partial charge in [-0.25, -0.2) is 13.2 Å². The number of carboxylic acids is 1. The van der Waals surface area contributed by atoms with E-state index in [9.17, 15) is 22.8 Å². The first-order valence-corrected chi connectivity index (χ1v) is 10.5. The molecule has 138 valence electrons. The maximum Gasteiger partial charge on any atom is 0.326 e. The number of carbonyl (C=O) groups excluding carboxylic acids is 2. The molecule has 0 bridgehead atoms. The average Bonchev–Trinajstić information content (AvgIpc) is 2.49. The van der Waals surface area contributed by atoms with Crippen LogP contribution in [0.1, 0.15) is 23.2 Å². The maximum absolute atomic E-state index is 12.3. The number of hydrogen-bond acceptors (Lipinski definition) is 5. The summed E-state index contributed by atoms with van der Waals surface area (Å²) in [5.41, 5.74) is 4.91. The molecule has 4 N–H and O–H groups in total. The van der Waals surface area contributed by atoms with E-state index in [1.54, 1.807) is 0 Å². The smallest absolute Gasteiger partial charge is 0.326 e. The van der Waals surface area contributed by atoms with Gasteiger partial charge in [0.15, 0.2) is 0 Å². The standard InChI is InChI=1S/C13H13Br3N2O6S/c14-13(15,16)25(23,24)8-3-1-2-7(6-8)11(20)18-9(12(21)22)4-5-10(17)19/h1-3,6,9H,4-5H2,(H2,17,19)(H,18,20)(H,21,22). The number of sulfone groups is 1. The summed E-state index contributed by atoms with van der Waals surface area (Å²) in [5, 5.41) is 11.3. The zero-order chi connectivity index (χ0) is 19.4. The molecular weight excluding hydrogens is 552 g/mol. The summed E-state index contributed by atoms with van der Waals surface area (Å²) >= 11 is 8.75. The topological polar surface area (TPSA) is 144 Å². The number of rotatable bonds is 7. The van der Waals surface area contributed by atoms with Gasteiger partial charge in [-0.1, -0.05) is 6.07 Å². The lowest BCUT2D eigenvalue weighted by Crippen LogP contribution is -2.41. The molecule has 1 aromatic carbocycles. The molecule has 0 saturated heterocycles. The summed E-state index contributed by atoms with van der Waals surface area (Å²) in [6, 6.07) is 3.74. The maximum atomic E-state index is 12.3. The lowest BCUT2D eigenvalue weighted by molar-refractivity contribution is -0.139.